The van der Waals surface area contributed by atoms with Gasteiger partial charge in [0.2, 0.25) is 10.0 Å². The molecule has 2 N–H and O–H groups in total. The smallest absolute Gasteiger partial charge is 0.309 e. The second kappa shape index (κ2) is 7.90. The molecule has 1 aromatic carbocycles. The van der Waals surface area contributed by atoms with Crippen LogP contribution in [0.4, 0.5) is 0 Å². The minimum Gasteiger partial charge on any atom is -0.452 e. The van der Waals surface area contributed by atoms with E-state index in [1.54, 1.807) is 6.07 Å². The average Bonchev–Trinajstić information content (AvgIpc) is 2.54. The van der Waals surface area contributed by atoms with Gasteiger partial charge in [0.05, 0.1) is 16.0 Å². The van der Waals surface area contributed by atoms with Crippen molar-refractivity contribution in [1.82, 2.24) is 4.31 Å². The van der Waals surface area contributed by atoms with Gasteiger partial charge in [-0.1, -0.05) is 29.3 Å². The zero-order valence-corrected chi connectivity index (χ0v) is 15.8. The lowest BCUT2D eigenvalue weighted by atomic mass is 9.98. The first kappa shape index (κ1) is 20.0. The fourth-order valence-corrected chi connectivity index (χ4v) is 5.08. The Hall–Kier alpha value is -1.35. The van der Waals surface area contributed by atoms with Crippen molar-refractivity contribution in [2.45, 2.75) is 30.8 Å². The molecule has 0 saturated carbocycles. The Balaban J connectivity index is 2.07. The van der Waals surface area contributed by atoms with Crippen molar-refractivity contribution in [2.24, 2.45) is 11.7 Å². The molecule has 0 spiro atoms. The first-order valence-electron chi connectivity index (χ1n) is 7.58. The molecule has 1 aromatic rings. The summed E-state index contributed by atoms with van der Waals surface area (Å²) in [5.74, 6) is -1.78. The van der Waals surface area contributed by atoms with Crippen LogP contribution < -0.4 is 5.73 Å². The molecule has 1 fully saturated rings. The molecular weight excluding hydrogens is 391 g/mol. The fraction of sp³-hybridized carbons (Fsp3) is 0.467. The highest BCUT2D eigenvalue weighted by molar-refractivity contribution is 7.89. The van der Waals surface area contributed by atoms with Crippen molar-refractivity contribution < 1.29 is 22.7 Å². The Morgan fingerprint density at radius 2 is 1.76 bits per heavy atom. The molecule has 10 heteroatoms. The van der Waals surface area contributed by atoms with Crippen molar-refractivity contribution in [1.29, 1.82) is 0 Å². The van der Waals surface area contributed by atoms with Gasteiger partial charge in [-0.15, -0.1) is 0 Å². The average molecular weight is 409 g/mol. The summed E-state index contributed by atoms with van der Waals surface area (Å²) in [6.07, 6.45) is -0.478. The Kier molecular flexibility index (Phi) is 6.31. The highest BCUT2D eigenvalue weighted by Crippen LogP contribution is 2.33. The van der Waals surface area contributed by atoms with E-state index in [0.717, 1.165) is 0 Å². The minimum atomic E-state index is -3.87. The summed E-state index contributed by atoms with van der Waals surface area (Å²) < 4.78 is 31.7. The maximum atomic E-state index is 12.8. The SMILES string of the molecule is C[C@@H](OC(=O)C1CCN(S(=O)(=O)c2c(Cl)cccc2Cl)CC1)C(N)=O. The molecule has 0 aliphatic carbocycles. The zero-order chi connectivity index (χ0) is 18.8. The van der Waals surface area contributed by atoms with Gasteiger partial charge < -0.3 is 10.5 Å². The number of nitrogens with two attached hydrogens (primary N) is 1. The maximum Gasteiger partial charge on any atom is 0.309 e. The van der Waals surface area contributed by atoms with E-state index in [1.807, 2.05) is 0 Å². The van der Waals surface area contributed by atoms with Gasteiger partial charge in [0.25, 0.3) is 5.91 Å². The molecule has 0 bridgehead atoms. The Labute approximate surface area is 156 Å². The number of piperidine rings is 1. The van der Waals surface area contributed by atoms with Gasteiger partial charge in [-0.2, -0.15) is 4.31 Å². The number of esters is 1. The number of halogens is 2. The van der Waals surface area contributed by atoms with E-state index >= 15 is 0 Å². The number of hydrogen-bond donors (Lipinski definition) is 1. The number of carbonyl (C=O) groups excluding carboxylic acids is 2. The lowest BCUT2D eigenvalue weighted by Gasteiger charge is -2.30. The minimum absolute atomic E-state index is 0.0457. The molecule has 138 valence electrons. The summed E-state index contributed by atoms with van der Waals surface area (Å²) in [6, 6.07) is 4.47. The van der Waals surface area contributed by atoms with Gasteiger partial charge in [0, 0.05) is 13.1 Å². The summed E-state index contributed by atoms with van der Waals surface area (Å²) in [6.45, 7) is 1.63. The molecule has 25 heavy (non-hydrogen) atoms. The first-order chi connectivity index (χ1) is 11.6. The molecule has 1 aliphatic heterocycles. The van der Waals surface area contributed by atoms with Crippen LogP contribution in [0.2, 0.25) is 10.0 Å². The molecule has 0 unspecified atom stereocenters. The molecule has 1 heterocycles. The number of amides is 1. The highest BCUT2D eigenvalue weighted by Gasteiger charge is 2.35. The summed E-state index contributed by atoms with van der Waals surface area (Å²) in [5.41, 5.74) is 5.06. The van der Waals surface area contributed by atoms with Crippen molar-refractivity contribution in [3.8, 4) is 0 Å². The van der Waals surface area contributed by atoms with Gasteiger partial charge >= 0.3 is 5.97 Å². The van der Waals surface area contributed by atoms with E-state index in [0.29, 0.717) is 0 Å². The van der Waals surface area contributed by atoms with Gasteiger partial charge in [0.15, 0.2) is 6.10 Å². The second-order valence-corrected chi connectivity index (χ2v) is 8.40. The molecule has 2 rings (SSSR count). The topological polar surface area (TPSA) is 107 Å². The van der Waals surface area contributed by atoms with Crippen LogP contribution in [0, 0.1) is 5.92 Å². The lowest BCUT2D eigenvalue weighted by Crippen LogP contribution is -2.42. The largest absolute Gasteiger partial charge is 0.452 e. The lowest BCUT2D eigenvalue weighted by molar-refractivity contribution is -0.159. The Morgan fingerprint density at radius 3 is 2.24 bits per heavy atom. The van der Waals surface area contributed by atoms with Crippen LogP contribution in [0.15, 0.2) is 23.1 Å². The van der Waals surface area contributed by atoms with Gasteiger partial charge in [0.1, 0.15) is 4.90 Å². The van der Waals surface area contributed by atoms with Crippen LogP contribution in [0.5, 0.6) is 0 Å². The Morgan fingerprint density at radius 1 is 1.24 bits per heavy atom. The molecule has 1 amide bonds. The van der Waals surface area contributed by atoms with Crippen LogP contribution in [0.3, 0.4) is 0 Å². The molecular formula is C15H18Cl2N2O5S. The summed E-state index contributed by atoms with van der Waals surface area (Å²) in [5, 5.41) is 0.0913. The van der Waals surface area contributed by atoms with E-state index in [4.69, 9.17) is 33.7 Å². The predicted octanol–water partition coefficient (Wildman–Crippen LogP) is 1.81. The number of benzene rings is 1. The third-order valence-electron chi connectivity index (χ3n) is 4.00. The molecule has 0 radical (unpaired) electrons. The van der Waals surface area contributed by atoms with Gasteiger partial charge in [-0.25, -0.2) is 8.42 Å². The van der Waals surface area contributed by atoms with Crippen LogP contribution in [0.1, 0.15) is 19.8 Å². The van der Waals surface area contributed by atoms with Crippen LogP contribution in [0.25, 0.3) is 0 Å². The molecule has 1 atom stereocenters. The van der Waals surface area contributed by atoms with Crippen molar-refractivity contribution in [3.63, 3.8) is 0 Å². The summed E-state index contributed by atoms with van der Waals surface area (Å²) >= 11 is 12.0. The van der Waals surface area contributed by atoms with Crippen molar-refractivity contribution in [3.05, 3.63) is 28.2 Å². The Bertz CT molecular complexity index is 756. The number of primary amides is 1. The quantitative estimate of drug-likeness (QED) is 0.747. The molecule has 7 nitrogen and oxygen atoms in total. The second-order valence-electron chi connectivity index (χ2n) is 5.71. The first-order valence-corrected chi connectivity index (χ1v) is 9.78. The molecule has 1 saturated heterocycles. The number of carbonyl (C=O) groups is 2. The van der Waals surface area contributed by atoms with Crippen molar-refractivity contribution >= 4 is 45.1 Å². The van der Waals surface area contributed by atoms with Crippen LogP contribution in [-0.4, -0.2) is 43.8 Å². The van der Waals surface area contributed by atoms with Crippen LogP contribution in [-0.2, 0) is 24.3 Å². The predicted molar refractivity (Wildman–Crippen MR) is 92.7 cm³/mol. The van der Waals surface area contributed by atoms with Crippen molar-refractivity contribution in [2.75, 3.05) is 13.1 Å². The highest BCUT2D eigenvalue weighted by atomic mass is 35.5. The van der Waals surface area contributed by atoms with Crippen LogP contribution >= 0.6 is 23.2 Å². The zero-order valence-electron chi connectivity index (χ0n) is 13.4. The monoisotopic (exact) mass is 408 g/mol. The molecule has 0 aromatic heterocycles. The fourth-order valence-electron chi connectivity index (χ4n) is 2.52. The molecule has 1 aliphatic rings. The van der Waals surface area contributed by atoms with Gasteiger partial charge in [-0.3, -0.25) is 9.59 Å². The van der Waals surface area contributed by atoms with E-state index in [-0.39, 0.29) is 40.9 Å². The summed E-state index contributed by atoms with van der Waals surface area (Å²) in [7, 11) is -3.87. The normalized spacial score (nSPS) is 17.9. The number of rotatable bonds is 5. The third kappa shape index (κ3) is 4.44. The van der Waals surface area contributed by atoms with E-state index in [2.05, 4.69) is 0 Å². The number of sulfonamides is 1. The number of nitrogens with zero attached hydrogens (tertiary/aromatic N) is 1. The van der Waals surface area contributed by atoms with Gasteiger partial charge in [-0.05, 0) is 31.9 Å². The maximum absolute atomic E-state index is 12.8. The van der Waals surface area contributed by atoms with E-state index in [1.165, 1.54) is 23.4 Å². The van der Waals surface area contributed by atoms with E-state index in [9.17, 15) is 18.0 Å². The standard InChI is InChI=1S/C15H18Cl2N2O5S/c1-9(14(18)20)24-15(21)10-5-7-19(8-6-10)25(22,23)13-11(16)3-2-4-12(13)17/h2-4,9-10H,5-8H2,1H3,(H2,18,20)/t9-/m1/s1. The third-order valence-corrected chi connectivity index (χ3v) is 6.85. The number of hydrogen-bond acceptors (Lipinski definition) is 5. The summed E-state index contributed by atoms with van der Waals surface area (Å²) in [4.78, 5) is 22.8. The van der Waals surface area contributed by atoms with E-state index < -0.39 is 33.9 Å². The number of ether oxygens (including phenoxy) is 1.